The number of hydrogen-bond donors (Lipinski definition) is 5. The van der Waals surface area contributed by atoms with Crippen LogP contribution in [0.1, 0.15) is 38.5 Å². The molecule has 23 heavy (non-hydrogen) atoms. The maximum atomic E-state index is 12.2. The first-order valence-corrected chi connectivity index (χ1v) is 6.77. The number of amides is 2. The zero-order valence-electron chi connectivity index (χ0n) is 12.6. The van der Waals surface area contributed by atoms with E-state index in [0.717, 1.165) is 0 Å². The normalized spacial score (nSPS) is 10.1. The first kappa shape index (κ1) is 16.0. The van der Waals surface area contributed by atoms with Crippen LogP contribution >= 0.6 is 0 Å². The van der Waals surface area contributed by atoms with Crippen molar-refractivity contribution in [3.05, 3.63) is 22.5 Å². The number of nitrogens with two attached hydrogens (primary N) is 1. The van der Waals surface area contributed by atoms with Crippen molar-refractivity contribution in [1.82, 2.24) is 25.7 Å². The van der Waals surface area contributed by atoms with E-state index in [2.05, 4.69) is 31.0 Å². The fraction of sp³-hybridized carbons (Fsp3) is 0.308. The van der Waals surface area contributed by atoms with Crippen LogP contribution in [0.15, 0.2) is 0 Å². The van der Waals surface area contributed by atoms with E-state index in [1.54, 1.807) is 13.8 Å². The van der Waals surface area contributed by atoms with Crippen molar-refractivity contribution in [2.45, 2.75) is 20.3 Å². The van der Waals surface area contributed by atoms with Crippen LogP contribution in [-0.4, -0.2) is 38.8 Å². The molecule has 0 radical (unpaired) electrons. The van der Waals surface area contributed by atoms with Gasteiger partial charge in [-0.2, -0.15) is 15.5 Å². The molecular formula is C13H16N8O2. The van der Waals surface area contributed by atoms with Gasteiger partial charge in [0.25, 0.3) is 11.8 Å². The zero-order valence-corrected chi connectivity index (χ0v) is 12.6. The number of carbonyl (C=O) groups is 2. The van der Waals surface area contributed by atoms with Crippen LogP contribution in [0.4, 0.5) is 11.6 Å². The average Bonchev–Trinajstić information content (AvgIpc) is 3.04. The highest BCUT2D eigenvalue weighted by Gasteiger charge is 2.20. The zero-order chi connectivity index (χ0) is 17.0. The monoisotopic (exact) mass is 316 g/mol. The predicted octanol–water partition coefficient (Wildman–Crippen LogP) is 0.228. The standard InChI is InChI=1S/C13H16N8O2/c1-6-8(18-20-10(6)15)13(23)17-11-7(2)9(19-21-11)12(22)16-5-3-4-14/h3,5H2,1-2H3,(H,16,22)(H3,15,18,20)(H2,17,19,21,23). The third-order valence-corrected chi connectivity index (χ3v) is 3.27. The summed E-state index contributed by atoms with van der Waals surface area (Å²) < 4.78 is 0. The summed E-state index contributed by atoms with van der Waals surface area (Å²) in [6.45, 7) is 3.55. The number of H-pyrrole nitrogens is 2. The minimum Gasteiger partial charge on any atom is -0.382 e. The van der Waals surface area contributed by atoms with Crippen molar-refractivity contribution >= 4 is 23.5 Å². The Morgan fingerprint density at radius 1 is 1.17 bits per heavy atom. The fourth-order valence-electron chi connectivity index (χ4n) is 1.86. The van der Waals surface area contributed by atoms with Crippen molar-refractivity contribution in [1.29, 1.82) is 5.26 Å². The van der Waals surface area contributed by atoms with Crippen LogP contribution in [0.2, 0.25) is 0 Å². The Hall–Kier alpha value is -3.35. The highest BCUT2D eigenvalue weighted by molar-refractivity contribution is 6.05. The van der Waals surface area contributed by atoms with Gasteiger partial charge in [-0.3, -0.25) is 19.8 Å². The molecule has 10 heteroatoms. The molecule has 0 bridgehead atoms. The van der Waals surface area contributed by atoms with Crippen LogP contribution in [0.25, 0.3) is 0 Å². The van der Waals surface area contributed by atoms with E-state index in [1.165, 1.54) is 0 Å². The fourth-order valence-corrected chi connectivity index (χ4v) is 1.86. The first-order valence-electron chi connectivity index (χ1n) is 6.77. The number of nitrogens with one attached hydrogen (secondary N) is 4. The van der Waals surface area contributed by atoms with Crippen molar-refractivity contribution in [2.75, 3.05) is 17.6 Å². The molecule has 0 saturated heterocycles. The van der Waals surface area contributed by atoms with Crippen LogP contribution in [0.5, 0.6) is 0 Å². The van der Waals surface area contributed by atoms with Gasteiger partial charge in [0.1, 0.15) is 17.2 Å². The highest BCUT2D eigenvalue weighted by atomic mass is 16.2. The predicted molar refractivity (Wildman–Crippen MR) is 81.6 cm³/mol. The number of anilines is 2. The van der Waals surface area contributed by atoms with Crippen LogP contribution in [-0.2, 0) is 0 Å². The van der Waals surface area contributed by atoms with Crippen molar-refractivity contribution in [3.63, 3.8) is 0 Å². The van der Waals surface area contributed by atoms with Gasteiger partial charge in [0.15, 0.2) is 5.82 Å². The SMILES string of the molecule is Cc1c(N)n[nH]c1C(=O)Nc1n[nH]c(C(=O)NCCC#N)c1C. The molecule has 0 unspecified atom stereocenters. The summed E-state index contributed by atoms with van der Waals surface area (Å²) in [5.41, 5.74) is 7.05. The molecule has 0 aliphatic carbocycles. The van der Waals surface area contributed by atoms with Crippen molar-refractivity contribution < 1.29 is 9.59 Å². The average molecular weight is 316 g/mol. The molecular weight excluding hydrogens is 300 g/mol. The Morgan fingerprint density at radius 3 is 2.43 bits per heavy atom. The van der Waals surface area contributed by atoms with Crippen LogP contribution in [0.3, 0.4) is 0 Å². The Kier molecular flexibility index (Phi) is 4.61. The number of hydrogen-bond acceptors (Lipinski definition) is 6. The molecule has 0 atom stereocenters. The first-order chi connectivity index (χ1) is 11.0. The third kappa shape index (κ3) is 3.29. The van der Waals surface area contributed by atoms with Gasteiger partial charge in [-0.05, 0) is 13.8 Å². The summed E-state index contributed by atoms with van der Waals surface area (Å²) in [5.74, 6) is -0.384. The van der Waals surface area contributed by atoms with Crippen molar-refractivity contribution in [3.8, 4) is 6.07 Å². The molecule has 10 nitrogen and oxygen atoms in total. The largest absolute Gasteiger partial charge is 0.382 e. The van der Waals surface area contributed by atoms with Gasteiger partial charge >= 0.3 is 0 Å². The maximum Gasteiger partial charge on any atom is 0.275 e. The molecule has 6 N–H and O–H groups in total. The van der Waals surface area contributed by atoms with E-state index in [4.69, 9.17) is 11.0 Å². The van der Waals surface area contributed by atoms with E-state index in [-0.39, 0.29) is 36.0 Å². The van der Waals surface area contributed by atoms with E-state index in [0.29, 0.717) is 11.1 Å². The smallest absolute Gasteiger partial charge is 0.275 e. The van der Waals surface area contributed by atoms with Gasteiger partial charge in [-0.15, -0.1) is 0 Å². The van der Waals surface area contributed by atoms with Gasteiger partial charge in [0.2, 0.25) is 0 Å². The molecule has 120 valence electrons. The second kappa shape index (κ2) is 6.61. The lowest BCUT2D eigenvalue weighted by molar-refractivity contribution is 0.0947. The van der Waals surface area contributed by atoms with E-state index < -0.39 is 11.8 Å². The second-order valence-electron chi connectivity index (χ2n) is 4.80. The number of nitrogens with zero attached hydrogens (tertiary/aromatic N) is 3. The van der Waals surface area contributed by atoms with Gasteiger partial charge in [-0.1, -0.05) is 0 Å². The topological polar surface area (TPSA) is 165 Å². The maximum absolute atomic E-state index is 12.2. The quantitative estimate of drug-likeness (QED) is 0.495. The molecule has 0 spiro atoms. The second-order valence-corrected chi connectivity index (χ2v) is 4.80. The third-order valence-electron chi connectivity index (χ3n) is 3.27. The molecule has 2 aromatic rings. The Labute approximate surface area is 131 Å². The number of rotatable bonds is 5. The number of nitriles is 1. The molecule has 0 aliphatic rings. The summed E-state index contributed by atoms with van der Waals surface area (Å²) >= 11 is 0. The Balaban J connectivity index is 2.10. The van der Waals surface area contributed by atoms with Crippen molar-refractivity contribution in [2.24, 2.45) is 0 Å². The lowest BCUT2D eigenvalue weighted by Crippen LogP contribution is -2.25. The Morgan fingerprint density at radius 2 is 1.83 bits per heavy atom. The van der Waals surface area contributed by atoms with E-state index >= 15 is 0 Å². The molecule has 0 fully saturated rings. The minimum atomic E-state index is -0.460. The number of nitrogen functional groups attached to an aromatic ring is 1. The molecule has 0 aliphatic heterocycles. The lowest BCUT2D eigenvalue weighted by Gasteiger charge is -2.03. The van der Waals surface area contributed by atoms with Crippen LogP contribution < -0.4 is 16.4 Å². The molecule has 2 heterocycles. The Bertz CT molecular complexity index is 782. The highest BCUT2D eigenvalue weighted by Crippen LogP contribution is 2.17. The molecule has 0 saturated carbocycles. The summed E-state index contributed by atoms with van der Waals surface area (Å²) in [6.07, 6.45) is 0.211. The number of carbonyl (C=O) groups excluding carboxylic acids is 2. The minimum absolute atomic E-state index is 0.211. The summed E-state index contributed by atoms with van der Waals surface area (Å²) in [4.78, 5) is 24.1. The summed E-state index contributed by atoms with van der Waals surface area (Å²) in [6, 6.07) is 1.93. The molecule has 0 aromatic carbocycles. The van der Waals surface area contributed by atoms with E-state index in [9.17, 15) is 9.59 Å². The van der Waals surface area contributed by atoms with E-state index in [1.807, 2.05) is 6.07 Å². The summed E-state index contributed by atoms with van der Waals surface area (Å²) in [5, 5.41) is 26.4. The number of aromatic nitrogens is 4. The summed E-state index contributed by atoms with van der Waals surface area (Å²) in [7, 11) is 0. The molecule has 2 rings (SSSR count). The number of aromatic amines is 2. The van der Waals surface area contributed by atoms with Gasteiger partial charge in [-0.25, -0.2) is 0 Å². The van der Waals surface area contributed by atoms with Gasteiger partial charge in [0.05, 0.1) is 12.5 Å². The van der Waals surface area contributed by atoms with Gasteiger partial charge in [0, 0.05) is 17.7 Å². The van der Waals surface area contributed by atoms with Crippen LogP contribution in [0, 0.1) is 25.2 Å². The molecule has 2 aromatic heterocycles. The van der Waals surface area contributed by atoms with Gasteiger partial charge < -0.3 is 16.4 Å². The molecule has 2 amide bonds. The lowest BCUT2D eigenvalue weighted by atomic mass is 10.2.